The molecule has 0 saturated carbocycles. The third-order valence-corrected chi connectivity index (χ3v) is 6.02. The lowest BCUT2D eigenvalue weighted by molar-refractivity contribution is 0.0312. The van der Waals surface area contributed by atoms with Crippen LogP contribution in [0.5, 0.6) is 0 Å². The molecule has 0 aromatic carbocycles. The quantitative estimate of drug-likeness (QED) is 0.486. The van der Waals surface area contributed by atoms with Gasteiger partial charge in [-0.15, -0.1) is 22.7 Å². The van der Waals surface area contributed by atoms with Gasteiger partial charge in [-0.3, -0.25) is 9.59 Å². The van der Waals surface area contributed by atoms with Crippen LogP contribution in [0.15, 0.2) is 22.9 Å². The maximum absolute atomic E-state index is 12.7. The van der Waals surface area contributed by atoms with Gasteiger partial charge in [-0.2, -0.15) is 0 Å². The lowest BCUT2D eigenvalue weighted by atomic mass is 10.0. The third-order valence-electron chi connectivity index (χ3n) is 4.13. The lowest BCUT2D eigenvalue weighted by Crippen LogP contribution is -2.25. The molecule has 0 aliphatic rings. The summed E-state index contributed by atoms with van der Waals surface area (Å²) in [6.07, 6.45) is -0.999. The van der Waals surface area contributed by atoms with E-state index in [1.165, 1.54) is 36.5 Å². The summed E-state index contributed by atoms with van der Waals surface area (Å²) in [5, 5.41) is 4.29. The van der Waals surface area contributed by atoms with Gasteiger partial charge in [0.15, 0.2) is 17.6 Å². The summed E-state index contributed by atoms with van der Waals surface area (Å²) in [6.45, 7) is 6.40. The monoisotopic (exact) mass is 402 g/mol. The number of rotatable bonds is 6. The Morgan fingerprint density at radius 1 is 1.22 bits per heavy atom. The van der Waals surface area contributed by atoms with E-state index in [1.807, 2.05) is 17.5 Å². The summed E-state index contributed by atoms with van der Waals surface area (Å²) in [5.41, 5.74) is 2.16. The second kappa shape index (κ2) is 7.58. The van der Waals surface area contributed by atoms with Crippen molar-refractivity contribution >= 4 is 40.2 Å². The van der Waals surface area contributed by atoms with E-state index in [2.05, 4.69) is 9.97 Å². The largest absolute Gasteiger partial charge is 0.449 e. The predicted molar refractivity (Wildman–Crippen MR) is 105 cm³/mol. The van der Waals surface area contributed by atoms with E-state index in [9.17, 15) is 14.4 Å². The molecule has 0 aliphatic heterocycles. The van der Waals surface area contributed by atoms with Gasteiger partial charge in [0.25, 0.3) is 0 Å². The summed E-state index contributed by atoms with van der Waals surface area (Å²) in [5.74, 6) is -1.15. The van der Waals surface area contributed by atoms with Gasteiger partial charge in [0.2, 0.25) is 5.78 Å². The van der Waals surface area contributed by atoms with Crippen LogP contribution in [0, 0.1) is 13.8 Å². The summed E-state index contributed by atoms with van der Waals surface area (Å²) in [7, 11) is 0. The highest BCUT2D eigenvalue weighted by Gasteiger charge is 2.27. The maximum Gasteiger partial charge on any atom is 0.358 e. The van der Waals surface area contributed by atoms with E-state index in [1.54, 1.807) is 19.2 Å². The van der Waals surface area contributed by atoms with E-state index in [-0.39, 0.29) is 23.0 Å². The fraction of sp³-hybridized carbons (Fsp3) is 0.263. The first kappa shape index (κ1) is 19.2. The first-order valence-corrected chi connectivity index (χ1v) is 10.00. The van der Waals surface area contributed by atoms with Crippen molar-refractivity contribution in [2.75, 3.05) is 0 Å². The number of ketones is 2. The van der Waals surface area contributed by atoms with Gasteiger partial charge < -0.3 is 9.72 Å². The molecule has 140 valence electrons. The highest BCUT2D eigenvalue weighted by atomic mass is 32.1. The summed E-state index contributed by atoms with van der Waals surface area (Å²) < 4.78 is 5.30. The lowest BCUT2D eigenvalue weighted by Gasteiger charge is -2.11. The number of Topliss-reactive ketones (excluding diaryl/α,β-unsaturated/α-hetero) is 2. The minimum atomic E-state index is -0.999. The van der Waals surface area contributed by atoms with Crippen LogP contribution >= 0.6 is 22.7 Å². The van der Waals surface area contributed by atoms with Gasteiger partial charge >= 0.3 is 5.97 Å². The molecule has 0 saturated heterocycles. The molecule has 8 heteroatoms. The zero-order valence-electron chi connectivity index (χ0n) is 15.3. The van der Waals surface area contributed by atoms with Crippen LogP contribution in [0.25, 0.3) is 9.88 Å². The molecule has 0 unspecified atom stereocenters. The van der Waals surface area contributed by atoms with Gasteiger partial charge in [0.1, 0.15) is 5.01 Å². The first-order valence-electron chi connectivity index (χ1n) is 8.24. The highest BCUT2D eigenvalue weighted by Crippen LogP contribution is 2.28. The molecule has 1 atom stereocenters. The minimum Gasteiger partial charge on any atom is -0.449 e. The molecule has 0 aliphatic carbocycles. The molecule has 6 nitrogen and oxygen atoms in total. The fourth-order valence-corrected chi connectivity index (χ4v) is 4.49. The van der Waals surface area contributed by atoms with Crippen molar-refractivity contribution in [2.45, 2.75) is 33.8 Å². The molecule has 0 amide bonds. The number of hydrogen-bond donors (Lipinski definition) is 1. The molecule has 0 radical (unpaired) electrons. The van der Waals surface area contributed by atoms with Gasteiger partial charge in [0.05, 0.1) is 10.6 Å². The number of carbonyl (C=O) groups excluding carboxylic acids is 3. The number of aromatic nitrogens is 2. The molecule has 0 bridgehead atoms. The van der Waals surface area contributed by atoms with Crippen molar-refractivity contribution in [1.29, 1.82) is 0 Å². The number of nitrogens with one attached hydrogen (secondary N) is 1. The highest BCUT2D eigenvalue weighted by molar-refractivity contribution is 7.20. The van der Waals surface area contributed by atoms with Crippen molar-refractivity contribution in [2.24, 2.45) is 0 Å². The van der Waals surface area contributed by atoms with Crippen molar-refractivity contribution in [3.05, 3.63) is 51.1 Å². The van der Waals surface area contributed by atoms with Crippen LogP contribution in [-0.2, 0) is 4.74 Å². The third kappa shape index (κ3) is 3.77. The average molecular weight is 402 g/mol. The number of hydrogen-bond acceptors (Lipinski definition) is 7. The number of aryl methyl sites for hydroxylation is 1. The molecule has 3 rings (SSSR count). The van der Waals surface area contributed by atoms with E-state index in [0.29, 0.717) is 16.8 Å². The standard InChI is InChI=1S/C19H18N2O4S2/c1-9-15(11(3)22)10(2)20-16(9)17(23)12(4)25-19(24)13-8-27-18(21-13)14-6-5-7-26-14/h5-8,12,20H,1-4H3/t12-/m1/s1. The molecular formula is C19H18N2O4S2. The van der Waals surface area contributed by atoms with Gasteiger partial charge in [-0.05, 0) is 44.7 Å². The Labute approximate surface area is 164 Å². The number of nitrogens with zero attached hydrogens (tertiary/aromatic N) is 1. The Hall–Kier alpha value is -2.58. The molecule has 27 heavy (non-hydrogen) atoms. The van der Waals surface area contributed by atoms with E-state index < -0.39 is 12.1 Å². The van der Waals surface area contributed by atoms with Gasteiger partial charge in [-0.25, -0.2) is 9.78 Å². The van der Waals surface area contributed by atoms with Crippen LogP contribution in [0.2, 0.25) is 0 Å². The van der Waals surface area contributed by atoms with E-state index in [4.69, 9.17) is 4.74 Å². The maximum atomic E-state index is 12.7. The van der Waals surface area contributed by atoms with Crippen LogP contribution in [-0.4, -0.2) is 33.6 Å². The first-order chi connectivity index (χ1) is 12.8. The number of carbonyl (C=O) groups is 3. The zero-order valence-corrected chi connectivity index (χ0v) is 16.9. The fourth-order valence-electron chi connectivity index (χ4n) is 2.88. The van der Waals surface area contributed by atoms with Crippen molar-refractivity contribution in [3.63, 3.8) is 0 Å². The number of esters is 1. The molecule has 0 spiro atoms. The number of aromatic amines is 1. The second-order valence-electron chi connectivity index (χ2n) is 6.11. The molecule has 3 heterocycles. The molecule has 1 N–H and O–H groups in total. The van der Waals surface area contributed by atoms with Gasteiger partial charge in [0, 0.05) is 16.6 Å². The van der Waals surface area contributed by atoms with Crippen LogP contribution in [0.4, 0.5) is 0 Å². The number of H-pyrrole nitrogens is 1. The van der Waals surface area contributed by atoms with Crippen LogP contribution in [0.1, 0.15) is 56.4 Å². The van der Waals surface area contributed by atoms with E-state index >= 15 is 0 Å². The Balaban J connectivity index is 1.74. The van der Waals surface area contributed by atoms with Crippen molar-refractivity contribution < 1.29 is 19.1 Å². The molecule has 0 fully saturated rings. The van der Waals surface area contributed by atoms with Crippen LogP contribution < -0.4 is 0 Å². The van der Waals surface area contributed by atoms with Crippen molar-refractivity contribution in [3.8, 4) is 9.88 Å². The molecule has 3 aromatic rings. The molecule has 3 aromatic heterocycles. The number of thiazole rings is 1. The number of thiophene rings is 1. The summed E-state index contributed by atoms with van der Waals surface area (Å²) >= 11 is 2.88. The number of ether oxygens (including phenoxy) is 1. The Morgan fingerprint density at radius 3 is 2.56 bits per heavy atom. The average Bonchev–Trinajstić information content (AvgIpc) is 3.33. The zero-order chi connectivity index (χ0) is 19.7. The summed E-state index contributed by atoms with van der Waals surface area (Å²) in [6, 6.07) is 3.84. The smallest absolute Gasteiger partial charge is 0.358 e. The Morgan fingerprint density at radius 2 is 1.96 bits per heavy atom. The Bertz CT molecular complexity index is 1010. The minimum absolute atomic E-state index is 0.117. The topological polar surface area (TPSA) is 89.1 Å². The van der Waals surface area contributed by atoms with E-state index in [0.717, 1.165) is 9.88 Å². The second-order valence-corrected chi connectivity index (χ2v) is 7.91. The Kier molecular flexibility index (Phi) is 5.38. The molecular weight excluding hydrogens is 384 g/mol. The SMILES string of the molecule is CC(=O)c1c(C)[nH]c(C(=O)[C@@H](C)OC(=O)c2csc(-c3cccs3)n2)c1C. The summed E-state index contributed by atoms with van der Waals surface area (Å²) in [4.78, 5) is 45.0. The van der Waals surface area contributed by atoms with Crippen molar-refractivity contribution in [1.82, 2.24) is 9.97 Å². The predicted octanol–water partition coefficient (Wildman–Crippen LogP) is 4.45. The van der Waals surface area contributed by atoms with Gasteiger partial charge in [-0.1, -0.05) is 6.07 Å². The normalized spacial score (nSPS) is 12.0. The van der Waals surface area contributed by atoms with Crippen LogP contribution in [0.3, 0.4) is 0 Å².